The minimum Gasteiger partial charge on any atom is -0.494 e. The van der Waals surface area contributed by atoms with Crippen molar-refractivity contribution in [3.8, 4) is 16.9 Å². The second kappa shape index (κ2) is 13.8. The van der Waals surface area contributed by atoms with E-state index >= 15 is 0 Å². The molecule has 232 valence electrons. The number of aromatic nitrogens is 4. The number of nitrogens with one attached hydrogen (secondary N) is 3. The Kier molecular flexibility index (Phi) is 9.42. The normalized spacial score (nSPS) is 10.9. The van der Waals surface area contributed by atoms with Crippen LogP contribution in [0.5, 0.6) is 5.75 Å². The highest BCUT2D eigenvalue weighted by atomic mass is 16.5. The third kappa shape index (κ3) is 7.12. The molecule has 5 N–H and O–H groups in total. The Morgan fingerprint density at radius 2 is 1.71 bits per heavy atom. The number of aryl methyl sites for hydroxylation is 2. The molecular weight excluding hydrogens is 572 g/mol. The van der Waals surface area contributed by atoms with E-state index in [1.165, 1.54) is 19.2 Å². The molecule has 0 saturated carbocycles. The Morgan fingerprint density at radius 1 is 0.978 bits per heavy atom. The Labute approximate surface area is 260 Å². The number of imidazole rings is 1. The van der Waals surface area contributed by atoms with E-state index < -0.39 is 11.8 Å². The molecule has 0 radical (unpaired) electrons. The first kappa shape index (κ1) is 30.8. The van der Waals surface area contributed by atoms with E-state index in [0.29, 0.717) is 54.2 Å². The number of nitrogens with two attached hydrogens (primary N) is 1. The molecule has 0 saturated heterocycles. The third-order valence-corrected chi connectivity index (χ3v) is 7.28. The smallest absolute Gasteiger partial charge is 0.276 e. The molecule has 2 heterocycles. The molecule has 2 aromatic heterocycles. The van der Waals surface area contributed by atoms with Crippen LogP contribution >= 0.6 is 0 Å². The molecule has 0 unspecified atom stereocenters. The van der Waals surface area contributed by atoms with E-state index in [-0.39, 0.29) is 23.8 Å². The molecule has 0 spiro atoms. The van der Waals surface area contributed by atoms with E-state index in [1.54, 1.807) is 15.4 Å². The lowest BCUT2D eigenvalue weighted by Gasteiger charge is -2.14. The Balaban J connectivity index is 1.25. The summed E-state index contributed by atoms with van der Waals surface area (Å²) in [6, 6.07) is 23.0. The van der Waals surface area contributed by atoms with E-state index in [9.17, 15) is 14.4 Å². The van der Waals surface area contributed by atoms with Gasteiger partial charge < -0.3 is 21.2 Å². The average Bonchev–Trinajstić information content (AvgIpc) is 3.61. The van der Waals surface area contributed by atoms with Gasteiger partial charge in [0.15, 0.2) is 0 Å². The number of primary amides is 1. The minimum atomic E-state index is -0.635. The second-order valence-corrected chi connectivity index (χ2v) is 10.5. The van der Waals surface area contributed by atoms with Crippen molar-refractivity contribution in [3.05, 3.63) is 95.3 Å². The minimum absolute atomic E-state index is 0.0835. The molecule has 0 fully saturated rings. The summed E-state index contributed by atoms with van der Waals surface area (Å²) in [6.07, 6.45) is 0.774. The molecule has 3 amide bonds. The summed E-state index contributed by atoms with van der Waals surface area (Å²) in [7, 11) is 1.47. The van der Waals surface area contributed by atoms with Gasteiger partial charge in [-0.2, -0.15) is 5.10 Å². The molecule has 0 aliphatic rings. The maximum Gasteiger partial charge on any atom is 0.276 e. The average molecular weight is 609 g/mol. The van der Waals surface area contributed by atoms with Crippen LogP contribution in [0.1, 0.15) is 51.9 Å². The van der Waals surface area contributed by atoms with E-state index in [4.69, 9.17) is 10.5 Å². The van der Waals surface area contributed by atoms with Crippen molar-refractivity contribution in [2.75, 3.05) is 24.4 Å². The summed E-state index contributed by atoms with van der Waals surface area (Å²) in [5, 5.41) is 10.2. The maximum atomic E-state index is 13.3. The van der Waals surface area contributed by atoms with Crippen molar-refractivity contribution >= 4 is 34.7 Å². The van der Waals surface area contributed by atoms with Crippen LogP contribution in [0, 0.1) is 6.92 Å². The van der Waals surface area contributed by atoms with Gasteiger partial charge in [0.2, 0.25) is 17.8 Å². The van der Waals surface area contributed by atoms with Crippen molar-refractivity contribution in [3.63, 3.8) is 0 Å². The Bertz CT molecular complexity index is 1830. The standard InChI is InChI=1S/C33H36N8O4/c1-4-40-27(17-21(2)39-40)32(44)38-33-37-26-18-25(31(34)43)19-28(45-3)30(26)41(33)36-16-8-11-29(42)35-20-22-12-14-24(15-13-22)23-9-6-5-7-10-23/h5-7,9-10,12-15,17-19,36H,4,8,11,16,20H2,1-3H3,(H2,34,43)(H,35,42)(H,37,38,44). The number of carbonyl (C=O) groups excluding carboxylic acids is 3. The number of hydrogen-bond acceptors (Lipinski definition) is 7. The van der Waals surface area contributed by atoms with Gasteiger partial charge in [-0.1, -0.05) is 54.6 Å². The van der Waals surface area contributed by atoms with Crippen molar-refractivity contribution in [1.82, 2.24) is 24.8 Å². The highest BCUT2D eigenvalue weighted by molar-refractivity contribution is 6.04. The zero-order valence-electron chi connectivity index (χ0n) is 25.5. The molecule has 3 aromatic carbocycles. The van der Waals surface area contributed by atoms with Gasteiger partial charge in [-0.25, -0.2) is 9.66 Å². The summed E-state index contributed by atoms with van der Waals surface area (Å²) < 4.78 is 8.74. The van der Waals surface area contributed by atoms with E-state index in [0.717, 1.165) is 16.7 Å². The van der Waals surface area contributed by atoms with Crippen LogP contribution in [0.15, 0.2) is 72.8 Å². The van der Waals surface area contributed by atoms with Gasteiger partial charge in [-0.3, -0.25) is 24.4 Å². The highest BCUT2D eigenvalue weighted by Gasteiger charge is 2.21. The molecular formula is C33H36N8O4. The van der Waals surface area contributed by atoms with Crippen LogP contribution in [-0.2, 0) is 17.9 Å². The number of methoxy groups -OCH3 is 1. The van der Waals surface area contributed by atoms with Crippen LogP contribution in [0.3, 0.4) is 0 Å². The lowest BCUT2D eigenvalue weighted by molar-refractivity contribution is -0.121. The monoisotopic (exact) mass is 608 g/mol. The Morgan fingerprint density at radius 3 is 2.40 bits per heavy atom. The quantitative estimate of drug-likeness (QED) is 0.146. The lowest BCUT2D eigenvalue weighted by Crippen LogP contribution is -2.26. The van der Waals surface area contributed by atoms with Gasteiger partial charge in [-0.15, -0.1) is 0 Å². The van der Waals surface area contributed by atoms with Gasteiger partial charge in [0.05, 0.1) is 18.3 Å². The summed E-state index contributed by atoms with van der Waals surface area (Å²) in [6.45, 7) is 5.03. The van der Waals surface area contributed by atoms with Crippen LogP contribution in [0.4, 0.5) is 5.95 Å². The first-order chi connectivity index (χ1) is 21.8. The summed E-state index contributed by atoms with van der Waals surface area (Å²) >= 11 is 0. The number of carbonyl (C=O) groups is 3. The predicted molar refractivity (Wildman–Crippen MR) is 173 cm³/mol. The van der Waals surface area contributed by atoms with Gasteiger partial charge in [-0.05, 0) is 55.2 Å². The summed E-state index contributed by atoms with van der Waals surface area (Å²) in [5.41, 5.74) is 14.2. The number of anilines is 1. The van der Waals surface area contributed by atoms with Gasteiger partial charge in [0.1, 0.15) is 17.0 Å². The second-order valence-electron chi connectivity index (χ2n) is 10.5. The van der Waals surface area contributed by atoms with Crippen LogP contribution in [0.25, 0.3) is 22.2 Å². The number of rotatable bonds is 13. The zero-order valence-corrected chi connectivity index (χ0v) is 25.5. The SMILES string of the molecule is CCn1nc(C)cc1C(=O)Nc1nc2cc(C(N)=O)cc(OC)c2n1NCCCC(=O)NCc1ccc(-c2ccccc2)cc1. The van der Waals surface area contributed by atoms with Crippen LogP contribution < -0.4 is 26.5 Å². The molecule has 0 bridgehead atoms. The zero-order chi connectivity index (χ0) is 31.9. The van der Waals surface area contributed by atoms with Gasteiger partial charge >= 0.3 is 0 Å². The number of hydrogen-bond donors (Lipinski definition) is 4. The van der Waals surface area contributed by atoms with Gasteiger partial charge in [0.25, 0.3) is 5.91 Å². The van der Waals surface area contributed by atoms with E-state index in [1.807, 2.05) is 56.3 Å². The maximum absolute atomic E-state index is 13.3. The summed E-state index contributed by atoms with van der Waals surface area (Å²) in [4.78, 5) is 42.4. The highest BCUT2D eigenvalue weighted by Crippen LogP contribution is 2.30. The van der Waals surface area contributed by atoms with Crippen LogP contribution in [-0.4, -0.2) is 50.8 Å². The fourth-order valence-electron chi connectivity index (χ4n) is 5.02. The molecule has 12 heteroatoms. The van der Waals surface area contributed by atoms with Crippen molar-refractivity contribution in [1.29, 1.82) is 0 Å². The number of benzene rings is 3. The molecule has 5 aromatic rings. The summed E-state index contributed by atoms with van der Waals surface area (Å²) in [5.74, 6) is -0.600. The van der Waals surface area contributed by atoms with Crippen molar-refractivity contribution in [2.24, 2.45) is 5.73 Å². The Hall–Kier alpha value is -5.65. The van der Waals surface area contributed by atoms with Crippen molar-refractivity contribution in [2.45, 2.75) is 39.8 Å². The fraction of sp³-hybridized carbons (Fsp3) is 0.242. The first-order valence-electron chi connectivity index (χ1n) is 14.7. The number of amides is 3. The largest absolute Gasteiger partial charge is 0.494 e. The van der Waals surface area contributed by atoms with E-state index in [2.05, 4.69) is 38.3 Å². The molecule has 5 rings (SSSR count). The van der Waals surface area contributed by atoms with Gasteiger partial charge in [0, 0.05) is 31.6 Å². The first-order valence-corrected chi connectivity index (χ1v) is 14.7. The van der Waals surface area contributed by atoms with Crippen LogP contribution in [0.2, 0.25) is 0 Å². The molecule has 0 aliphatic carbocycles. The number of ether oxygens (including phenoxy) is 1. The fourth-order valence-corrected chi connectivity index (χ4v) is 5.02. The predicted octanol–water partition coefficient (Wildman–Crippen LogP) is 4.23. The molecule has 45 heavy (non-hydrogen) atoms. The van der Waals surface area contributed by atoms with Crippen molar-refractivity contribution < 1.29 is 19.1 Å². The number of fused-ring (bicyclic) bond motifs is 1. The third-order valence-electron chi connectivity index (χ3n) is 7.28. The molecule has 0 atom stereocenters. The molecule has 0 aliphatic heterocycles. The lowest BCUT2D eigenvalue weighted by atomic mass is 10.0. The topological polar surface area (TPSA) is 158 Å². The number of nitrogens with zero attached hydrogens (tertiary/aromatic N) is 4. The molecule has 12 nitrogen and oxygen atoms in total.